The van der Waals surface area contributed by atoms with Gasteiger partial charge >= 0.3 is 12.1 Å². The van der Waals surface area contributed by atoms with Crippen molar-refractivity contribution in [1.29, 1.82) is 0 Å². The first kappa shape index (κ1) is 24.5. The van der Waals surface area contributed by atoms with Crippen LogP contribution in [0.5, 0.6) is 0 Å². The lowest BCUT2D eigenvalue weighted by Gasteiger charge is -2.47. The van der Waals surface area contributed by atoms with E-state index in [0.717, 1.165) is 42.5 Å². The zero-order valence-corrected chi connectivity index (χ0v) is 20.7. The maximum Gasteiger partial charge on any atom is 0.407 e. The molecule has 36 heavy (non-hydrogen) atoms. The maximum absolute atomic E-state index is 13.6. The second-order valence-corrected chi connectivity index (χ2v) is 10.3. The SMILES string of the molecule is CCOC(=O)N[C@@H]1CC[C@@H]2[C@H](C1)C[C@H]1C(=O)O[C@H](C)[C@@H]1[C@@H]2C=Cc1ccc(-c2cccc(F)c2)cn1. The summed E-state index contributed by atoms with van der Waals surface area (Å²) in [6.07, 6.45) is 9.07. The molecule has 0 bridgehead atoms. The van der Waals surface area contributed by atoms with Gasteiger partial charge in [-0.1, -0.05) is 24.3 Å². The quantitative estimate of drug-likeness (QED) is 0.548. The molecule has 1 aromatic heterocycles. The van der Waals surface area contributed by atoms with E-state index < -0.39 is 0 Å². The summed E-state index contributed by atoms with van der Waals surface area (Å²) >= 11 is 0. The number of pyridine rings is 1. The number of carbonyl (C=O) groups is 2. The third-order valence-electron chi connectivity index (χ3n) is 8.18. The van der Waals surface area contributed by atoms with E-state index in [2.05, 4.69) is 16.4 Å². The Labute approximate surface area is 211 Å². The van der Waals surface area contributed by atoms with Gasteiger partial charge in [0.05, 0.1) is 18.2 Å². The van der Waals surface area contributed by atoms with E-state index in [0.29, 0.717) is 18.4 Å². The molecule has 7 heteroatoms. The van der Waals surface area contributed by atoms with Gasteiger partial charge in [0.15, 0.2) is 0 Å². The zero-order chi connectivity index (χ0) is 25.2. The number of cyclic esters (lactones) is 1. The van der Waals surface area contributed by atoms with Gasteiger partial charge in [0.2, 0.25) is 0 Å². The number of hydrogen-bond donors (Lipinski definition) is 1. The fraction of sp³-hybridized carbons (Fsp3) is 0.483. The molecule has 3 fully saturated rings. The molecule has 190 valence electrons. The van der Waals surface area contributed by atoms with Gasteiger partial charge in [-0.05, 0) is 87.1 Å². The van der Waals surface area contributed by atoms with Crippen LogP contribution in [-0.4, -0.2) is 35.8 Å². The summed E-state index contributed by atoms with van der Waals surface area (Å²) in [6.45, 7) is 4.15. The van der Waals surface area contributed by atoms with Crippen molar-refractivity contribution in [3.05, 3.63) is 60.2 Å². The Morgan fingerprint density at radius 3 is 2.83 bits per heavy atom. The highest BCUT2D eigenvalue weighted by molar-refractivity contribution is 5.75. The first-order valence-corrected chi connectivity index (χ1v) is 13.0. The fourth-order valence-corrected chi connectivity index (χ4v) is 6.64. The summed E-state index contributed by atoms with van der Waals surface area (Å²) in [7, 11) is 0. The van der Waals surface area contributed by atoms with Crippen LogP contribution in [0.4, 0.5) is 9.18 Å². The molecule has 2 saturated carbocycles. The minimum Gasteiger partial charge on any atom is -0.462 e. The van der Waals surface area contributed by atoms with Gasteiger partial charge < -0.3 is 14.8 Å². The molecule has 7 atom stereocenters. The summed E-state index contributed by atoms with van der Waals surface area (Å²) in [5, 5.41) is 3.00. The van der Waals surface area contributed by atoms with Gasteiger partial charge in [-0.3, -0.25) is 9.78 Å². The van der Waals surface area contributed by atoms with E-state index in [9.17, 15) is 14.0 Å². The van der Waals surface area contributed by atoms with Gasteiger partial charge in [0, 0.05) is 23.7 Å². The van der Waals surface area contributed by atoms with Gasteiger partial charge in [-0.15, -0.1) is 0 Å². The number of esters is 1. The average Bonchev–Trinajstić information content (AvgIpc) is 3.15. The van der Waals surface area contributed by atoms with E-state index in [1.165, 1.54) is 12.1 Å². The molecule has 0 radical (unpaired) electrons. The molecule has 1 amide bonds. The Morgan fingerprint density at radius 1 is 1.22 bits per heavy atom. The number of amides is 1. The number of allylic oxidation sites excluding steroid dienone is 1. The normalized spacial score (nSPS) is 31.4. The third kappa shape index (κ3) is 5.01. The van der Waals surface area contributed by atoms with Crippen molar-refractivity contribution in [2.45, 2.75) is 51.7 Å². The van der Waals surface area contributed by atoms with Crippen molar-refractivity contribution in [3.63, 3.8) is 0 Å². The minimum atomic E-state index is -0.368. The summed E-state index contributed by atoms with van der Waals surface area (Å²) in [5.74, 6) is 0.629. The Hall–Kier alpha value is -3.22. The van der Waals surface area contributed by atoms with Crippen LogP contribution in [0.1, 0.15) is 45.2 Å². The monoisotopic (exact) mass is 492 g/mol. The highest BCUT2D eigenvalue weighted by Crippen LogP contribution is 2.53. The number of nitrogens with zero attached hydrogens (tertiary/aromatic N) is 1. The lowest BCUT2D eigenvalue weighted by Crippen LogP contribution is -2.48. The van der Waals surface area contributed by atoms with Crippen molar-refractivity contribution >= 4 is 18.1 Å². The van der Waals surface area contributed by atoms with Crippen molar-refractivity contribution < 1.29 is 23.5 Å². The van der Waals surface area contributed by atoms with E-state index in [-0.39, 0.29) is 47.8 Å². The molecular formula is C29H33FN2O4. The molecule has 1 aromatic carbocycles. The highest BCUT2D eigenvalue weighted by atomic mass is 19.1. The number of ether oxygens (including phenoxy) is 2. The number of halogens is 1. The number of benzene rings is 1. The predicted octanol–water partition coefficient (Wildman–Crippen LogP) is 5.63. The van der Waals surface area contributed by atoms with Crippen molar-refractivity contribution in [1.82, 2.24) is 10.3 Å². The topological polar surface area (TPSA) is 77.5 Å². The zero-order valence-electron chi connectivity index (χ0n) is 20.7. The molecule has 6 nitrogen and oxygen atoms in total. The van der Waals surface area contributed by atoms with Crippen LogP contribution < -0.4 is 5.32 Å². The Kier molecular flexibility index (Phi) is 7.08. The van der Waals surface area contributed by atoms with Gasteiger partial charge in [-0.2, -0.15) is 0 Å². The number of aromatic nitrogens is 1. The number of carbonyl (C=O) groups excluding carboxylic acids is 2. The molecule has 5 rings (SSSR count). The lowest BCUT2D eigenvalue weighted by molar-refractivity contribution is -0.144. The first-order chi connectivity index (χ1) is 17.4. The van der Waals surface area contributed by atoms with E-state index >= 15 is 0 Å². The summed E-state index contributed by atoms with van der Waals surface area (Å²) in [4.78, 5) is 29.2. The molecule has 1 N–H and O–H groups in total. The van der Waals surface area contributed by atoms with Gasteiger partial charge in [0.1, 0.15) is 11.9 Å². The van der Waals surface area contributed by atoms with Crippen LogP contribution in [0.3, 0.4) is 0 Å². The van der Waals surface area contributed by atoms with E-state index in [1.54, 1.807) is 19.2 Å². The lowest BCUT2D eigenvalue weighted by atomic mass is 9.57. The highest BCUT2D eigenvalue weighted by Gasteiger charge is 2.54. The molecule has 0 unspecified atom stereocenters. The second-order valence-electron chi connectivity index (χ2n) is 10.3. The molecule has 2 heterocycles. The summed E-state index contributed by atoms with van der Waals surface area (Å²) < 4.78 is 24.3. The van der Waals surface area contributed by atoms with Crippen LogP contribution >= 0.6 is 0 Å². The molecule has 2 aliphatic carbocycles. The largest absolute Gasteiger partial charge is 0.462 e. The molecule has 1 saturated heterocycles. The predicted molar refractivity (Wildman–Crippen MR) is 134 cm³/mol. The third-order valence-corrected chi connectivity index (χ3v) is 8.18. The Morgan fingerprint density at radius 2 is 2.08 bits per heavy atom. The Balaban J connectivity index is 1.34. The van der Waals surface area contributed by atoms with E-state index in [1.807, 2.05) is 31.2 Å². The molecule has 1 aliphatic heterocycles. The average molecular weight is 493 g/mol. The van der Waals surface area contributed by atoms with Crippen LogP contribution in [0, 0.1) is 35.4 Å². The van der Waals surface area contributed by atoms with Gasteiger partial charge in [-0.25, -0.2) is 9.18 Å². The van der Waals surface area contributed by atoms with Crippen LogP contribution in [0.15, 0.2) is 48.7 Å². The smallest absolute Gasteiger partial charge is 0.407 e. The summed E-state index contributed by atoms with van der Waals surface area (Å²) in [6, 6.07) is 10.4. The fourth-order valence-electron chi connectivity index (χ4n) is 6.64. The first-order valence-electron chi connectivity index (χ1n) is 13.0. The van der Waals surface area contributed by atoms with Crippen molar-refractivity contribution in [2.75, 3.05) is 6.61 Å². The summed E-state index contributed by atoms with van der Waals surface area (Å²) in [5.41, 5.74) is 2.48. The number of nitrogens with one attached hydrogen (secondary N) is 1. The molecular weight excluding hydrogens is 459 g/mol. The number of fused-ring (bicyclic) bond motifs is 2. The maximum atomic E-state index is 13.6. The Bertz CT molecular complexity index is 1130. The van der Waals surface area contributed by atoms with Crippen molar-refractivity contribution in [2.24, 2.45) is 29.6 Å². The molecule has 2 aromatic rings. The van der Waals surface area contributed by atoms with Gasteiger partial charge in [0.25, 0.3) is 0 Å². The number of alkyl carbamates (subject to hydrolysis) is 1. The number of hydrogen-bond acceptors (Lipinski definition) is 5. The van der Waals surface area contributed by atoms with E-state index in [4.69, 9.17) is 9.47 Å². The number of rotatable bonds is 5. The second kappa shape index (κ2) is 10.4. The van der Waals surface area contributed by atoms with Crippen LogP contribution in [-0.2, 0) is 14.3 Å². The van der Waals surface area contributed by atoms with Crippen LogP contribution in [0.2, 0.25) is 0 Å². The minimum absolute atomic E-state index is 0.0679. The van der Waals surface area contributed by atoms with Crippen LogP contribution in [0.25, 0.3) is 17.2 Å². The standard InChI is InChI=1S/C29H33FN2O4/c1-3-35-29(34)32-23-10-11-24-20(14-23)15-26-27(17(2)36-28(26)33)25(24)12-9-22-8-7-19(16-31-22)18-5-4-6-21(30)13-18/h4-9,12-13,16-17,20,23-27H,3,10-11,14-15H2,1-2H3,(H,32,34)/t17-,20-,23-,24-,25-,26-,27-/m1/s1. The van der Waals surface area contributed by atoms with Crippen molar-refractivity contribution in [3.8, 4) is 11.1 Å². The molecule has 0 spiro atoms. The molecule has 3 aliphatic rings.